The fraction of sp³-hybridized carbons (Fsp3) is 0.455. The fourth-order valence-electron chi connectivity index (χ4n) is 1.44. The van der Waals surface area contributed by atoms with Crippen molar-refractivity contribution in [1.82, 2.24) is 4.31 Å². The van der Waals surface area contributed by atoms with Crippen LogP contribution in [0.1, 0.15) is 11.5 Å². The number of sulfonamides is 1. The molecule has 0 aromatic heterocycles. The zero-order valence-corrected chi connectivity index (χ0v) is 10.8. The van der Waals surface area contributed by atoms with Gasteiger partial charge in [-0.25, -0.2) is 12.7 Å². The average Bonchev–Trinajstić information content (AvgIpc) is 2.31. The van der Waals surface area contributed by atoms with E-state index in [4.69, 9.17) is 10.8 Å². The second-order valence-electron chi connectivity index (χ2n) is 3.97. The van der Waals surface area contributed by atoms with Crippen LogP contribution in [-0.4, -0.2) is 45.1 Å². The Hall–Kier alpha value is -0.950. The highest BCUT2D eigenvalue weighted by Crippen LogP contribution is 2.18. The number of hydrogen-bond donors (Lipinski definition) is 2. The van der Waals surface area contributed by atoms with E-state index in [0.29, 0.717) is 6.54 Å². The van der Waals surface area contributed by atoms with Gasteiger partial charge in [0, 0.05) is 26.6 Å². The molecule has 1 rings (SSSR count). The Labute approximate surface area is 102 Å². The Morgan fingerprint density at radius 2 is 1.82 bits per heavy atom. The van der Waals surface area contributed by atoms with Crippen molar-refractivity contribution in [2.24, 2.45) is 5.73 Å². The van der Waals surface area contributed by atoms with Crippen LogP contribution in [0.2, 0.25) is 0 Å². The summed E-state index contributed by atoms with van der Waals surface area (Å²) >= 11 is 0. The summed E-state index contributed by atoms with van der Waals surface area (Å²) < 4.78 is 24.8. The molecule has 0 amide bonds. The number of aliphatic hydroxyl groups is 1. The highest BCUT2D eigenvalue weighted by Gasteiger charge is 2.17. The van der Waals surface area contributed by atoms with Gasteiger partial charge in [-0.2, -0.15) is 0 Å². The normalized spacial score (nSPS) is 13.9. The van der Waals surface area contributed by atoms with Gasteiger partial charge in [0.2, 0.25) is 10.0 Å². The van der Waals surface area contributed by atoms with Crippen LogP contribution in [-0.2, 0) is 10.0 Å². The SMILES string of the molecule is CN(C)S(=O)(=O)c1ccc(C(CN)CO)cc1. The minimum Gasteiger partial charge on any atom is -0.396 e. The van der Waals surface area contributed by atoms with Crippen LogP contribution in [0.3, 0.4) is 0 Å². The first kappa shape index (κ1) is 14.1. The molecule has 0 aliphatic heterocycles. The van der Waals surface area contributed by atoms with E-state index in [1.54, 1.807) is 12.1 Å². The lowest BCUT2D eigenvalue weighted by molar-refractivity contribution is 0.268. The lowest BCUT2D eigenvalue weighted by atomic mass is 10.0. The number of nitrogens with two attached hydrogens (primary N) is 1. The average molecular weight is 258 g/mol. The van der Waals surface area contributed by atoms with Crippen LogP contribution in [0, 0.1) is 0 Å². The van der Waals surface area contributed by atoms with E-state index >= 15 is 0 Å². The number of aliphatic hydroxyl groups excluding tert-OH is 1. The molecule has 0 spiro atoms. The van der Waals surface area contributed by atoms with E-state index in [0.717, 1.165) is 9.87 Å². The van der Waals surface area contributed by atoms with E-state index in [9.17, 15) is 8.42 Å². The minimum absolute atomic E-state index is 0.0454. The maximum absolute atomic E-state index is 11.8. The molecule has 0 aliphatic carbocycles. The minimum atomic E-state index is -3.39. The zero-order chi connectivity index (χ0) is 13.1. The molecule has 0 heterocycles. The van der Waals surface area contributed by atoms with E-state index < -0.39 is 10.0 Å². The van der Waals surface area contributed by atoms with Crippen molar-refractivity contribution in [2.45, 2.75) is 10.8 Å². The van der Waals surface area contributed by atoms with Crippen molar-refractivity contribution in [3.8, 4) is 0 Å². The number of rotatable bonds is 5. The van der Waals surface area contributed by atoms with Crippen LogP contribution in [0.4, 0.5) is 0 Å². The Morgan fingerprint density at radius 1 is 1.29 bits per heavy atom. The first-order valence-corrected chi connectivity index (χ1v) is 6.71. The van der Waals surface area contributed by atoms with Gasteiger partial charge in [-0.05, 0) is 17.7 Å². The zero-order valence-electron chi connectivity index (χ0n) is 10.00. The van der Waals surface area contributed by atoms with Crippen molar-refractivity contribution in [3.63, 3.8) is 0 Å². The summed E-state index contributed by atoms with van der Waals surface area (Å²) in [7, 11) is -0.422. The molecule has 0 aliphatic rings. The van der Waals surface area contributed by atoms with Crippen LogP contribution in [0.5, 0.6) is 0 Å². The number of nitrogens with zero attached hydrogens (tertiary/aromatic N) is 1. The first-order valence-electron chi connectivity index (χ1n) is 5.27. The third-order valence-electron chi connectivity index (χ3n) is 2.63. The molecule has 17 heavy (non-hydrogen) atoms. The van der Waals surface area contributed by atoms with Crippen LogP contribution >= 0.6 is 0 Å². The Kier molecular flexibility index (Phi) is 4.64. The summed E-state index contributed by atoms with van der Waals surface area (Å²) in [6, 6.07) is 6.43. The molecule has 1 atom stereocenters. The van der Waals surface area contributed by atoms with Crippen molar-refractivity contribution in [1.29, 1.82) is 0 Å². The van der Waals surface area contributed by atoms with Gasteiger partial charge >= 0.3 is 0 Å². The second kappa shape index (κ2) is 5.59. The van der Waals surface area contributed by atoms with Gasteiger partial charge in [-0.1, -0.05) is 12.1 Å². The molecule has 0 saturated heterocycles. The molecule has 0 fully saturated rings. The number of hydrogen-bond acceptors (Lipinski definition) is 4. The van der Waals surface area contributed by atoms with Gasteiger partial charge in [0.25, 0.3) is 0 Å². The fourth-order valence-corrected chi connectivity index (χ4v) is 2.34. The molecule has 1 unspecified atom stereocenters. The van der Waals surface area contributed by atoms with Crippen molar-refractivity contribution in [3.05, 3.63) is 29.8 Å². The molecule has 6 heteroatoms. The predicted molar refractivity (Wildman–Crippen MR) is 66.2 cm³/mol. The van der Waals surface area contributed by atoms with Crippen molar-refractivity contribution < 1.29 is 13.5 Å². The number of benzene rings is 1. The maximum atomic E-state index is 11.8. The summed E-state index contributed by atoms with van der Waals surface area (Å²) in [6.45, 7) is 0.284. The lowest BCUT2D eigenvalue weighted by Gasteiger charge is -2.14. The Balaban J connectivity index is 3.04. The molecule has 0 radical (unpaired) electrons. The van der Waals surface area contributed by atoms with Crippen LogP contribution in [0.15, 0.2) is 29.2 Å². The first-order chi connectivity index (χ1) is 7.93. The van der Waals surface area contributed by atoms with E-state index in [-0.39, 0.29) is 17.4 Å². The standard InChI is InChI=1S/C11H18N2O3S/c1-13(2)17(15,16)11-5-3-9(4-6-11)10(7-12)8-14/h3-6,10,14H,7-8,12H2,1-2H3. The van der Waals surface area contributed by atoms with Gasteiger partial charge in [0.05, 0.1) is 11.5 Å². The summed E-state index contributed by atoms with van der Waals surface area (Å²) in [4.78, 5) is 0.236. The molecule has 1 aromatic carbocycles. The molecule has 1 aromatic rings. The van der Waals surface area contributed by atoms with Crippen molar-refractivity contribution in [2.75, 3.05) is 27.2 Å². The molecular weight excluding hydrogens is 240 g/mol. The van der Waals surface area contributed by atoms with Gasteiger partial charge in [0.1, 0.15) is 0 Å². The summed E-state index contributed by atoms with van der Waals surface area (Å²) in [5.41, 5.74) is 6.34. The van der Waals surface area contributed by atoms with Crippen LogP contribution < -0.4 is 5.73 Å². The molecule has 96 valence electrons. The highest BCUT2D eigenvalue weighted by molar-refractivity contribution is 7.89. The Bertz CT molecular complexity index is 450. The van der Waals surface area contributed by atoms with Gasteiger partial charge in [-0.15, -0.1) is 0 Å². The highest BCUT2D eigenvalue weighted by atomic mass is 32.2. The molecule has 3 N–H and O–H groups in total. The lowest BCUT2D eigenvalue weighted by Crippen LogP contribution is -2.22. The molecule has 0 bridgehead atoms. The second-order valence-corrected chi connectivity index (χ2v) is 6.12. The van der Waals surface area contributed by atoms with Gasteiger partial charge in [0.15, 0.2) is 0 Å². The quantitative estimate of drug-likeness (QED) is 0.777. The maximum Gasteiger partial charge on any atom is 0.242 e. The predicted octanol–water partition coefficient (Wildman–Crippen LogP) is -0.0285. The smallest absolute Gasteiger partial charge is 0.242 e. The summed E-state index contributed by atoms with van der Waals surface area (Å²) in [6.07, 6.45) is 0. The molecule has 5 nitrogen and oxygen atoms in total. The summed E-state index contributed by atoms with van der Waals surface area (Å²) in [5, 5.41) is 9.09. The largest absolute Gasteiger partial charge is 0.396 e. The van der Waals surface area contributed by atoms with Crippen molar-refractivity contribution >= 4 is 10.0 Å². The third-order valence-corrected chi connectivity index (χ3v) is 4.46. The van der Waals surface area contributed by atoms with Crippen LogP contribution in [0.25, 0.3) is 0 Å². The third kappa shape index (κ3) is 3.04. The Morgan fingerprint density at radius 3 is 2.18 bits per heavy atom. The van der Waals surface area contributed by atoms with Gasteiger partial charge in [-0.3, -0.25) is 0 Å². The monoisotopic (exact) mass is 258 g/mol. The topological polar surface area (TPSA) is 83.6 Å². The van der Waals surface area contributed by atoms with Gasteiger partial charge < -0.3 is 10.8 Å². The van der Waals surface area contributed by atoms with E-state index in [1.165, 1.54) is 26.2 Å². The summed E-state index contributed by atoms with van der Waals surface area (Å²) in [5.74, 6) is -0.147. The van der Waals surface area contributed by atoms with E-state index in [1.807, 2.05) is 0 Å². The van der Waals surface area contributed by atoms with E-state index in [2.05, 4.69) is 0 Å². The molecule has 0 saturated carbocycles. The molecular formula is C11H18N2O3S.